The molecule has 1 fully saturated rings. The van der Waals surface area contributed by atoms with Crippen LogP contribution in [0.15, 0.2) is 46.9 Å². The molecule has 3 rings (SSSR count). The Morgan fingerprint density at radius 1 is 1.26 bits per heavy atom. The highest BCUT2D eigenvalue weighted by atomic mass is 16.3. The van der Waals surface area contributed by atoms with E-state index in [1.165, 1.54) is 5.56 Å². The molecular weight excluding hydrogens is 342 g/mol. The maximum absolute atomic E-state index is 12.7. The summed E-state index contributed by atoms with van der Waals surface area (Å²) in [7, 11) is 1.75. The minimum Gasteiger partial charge on any atom is -0.464 e. The van der Waals surface area contributed by atoms with E-state index < -0.39 is 6.04 Å². The molecule has 0 bridgehead atoms. The van der Waals surface area contributed by atoms with Gasteiger partial charge in [-0.2, -0.15) is 0 Å². The fourth-order valence-corrected chi connectivity index (χ4v) is 3.38. The summed E-state index contributed by atoms with van der Waals surface area (Å²) in [6, 6.07) is 13.5. The van der Waals surface area contributed by atoms with E-state index in [0.29, 0.717) is 13.1 Å². The topological polar surface area (TPSA) is 65.8 Å². The molecule has 0 spiro atoms. The lowest BCUT2D eigenvalue weighted by Gasteiger charge is -2.35. The van der Waals surface area contributed by atoms with Crippen LogP contribution in [0.25, 0.3) is 0 Å². The fourth-order valence-electron chi connectivity index (χ4n) is 3.38. The van der Waals surface area contributed by atoms with Gasteiger partial charge in [-0.1, -0.05) is 30.3 Å². The van der Waals surface area contributed by atoms with E-state index in [1.807, 2.05) is 37.3 Å². The molecular formula is C21H27N3O3. The number of rotatable bonds is 7. The first-order chi connectivity index (χ1) is 13.0. The Hall–Kier alpha value is -2.60. The number of aryl methyl sites for hydroxylation is 1. The second-order valence-corrected chi connectivity index (χ2v) is 7.04. The summed E-state index contributed by atoms with van der Waals surface area (Å²) in [5.74, 6) is 1.45. The summed E-state index contributed by atoms with van der Waals surface area (Å²) >= 11 is 0. The summed E-state index contributed by atoms with van der Waals surface area (Å²) in [5, 5.41) is 2.89. The van der Waals surface area contributed by atoms with Gasteiger partial charge in [0.2, 0.25) is 11.8 Å². The largest absolute Gasteiger partial charge is 0.464 e. The van der Waals surface area contributed by atoms with Gasteiger partial charge in [-0.3, -0.25) is 14.5 Å². The third kappa shape index (κ3) is 5.20. The number of nitrogens with one attached hydrogen (secondary N) is 1. The lowest BCUT2D eigenvalue weighted by atomic mass is 10.1. The highest BCUT2D eigenvalue weighted by molar-refractivity contribution is 5.88. The van der Waals surface area contributed by atoms with Gasteiger partial charge in [0.25, 0.3) is 0 Å². The van der Waals surface area contributed by atoms with Gasteiger partial charge in [0.1, 0.15) is 11.5 Å². The van der Waals surface area contributed by atoms with Crippen LogP contribution in [0.4, 0.5) is 0 Å². The van der Waals surface area contributed by atoms with Crippen molar-refractivity contribution in [1.82, 2.24) is 15.1 Å². The molecule has 0 saturated carbocycles. The zero-order valence-electron chi connectivity index (χ0n) is 16.0. The zero-order chi connectivity index (χ0) is 19.2. The lowest BCUT2D eigenvalue weighted by molar-refractivity contribution is -0.138. The minimum absolute atomic E-state index is 0.0594. The first kappa shape index (κ1) is 19.2. The molecule has 144 valence electrons. The Kier molecular flexibility index (Phi) is 6.29. The molecule has 1 aliphatic rings. The van der Waals surface area contributed by atoms with E-state index >= 15 is 0 Å². The number of benzene rings is 1. The third-order valence-electron chi connectivity index (χ3n) is 4.95. The molecule has 6 nitrogen and oxygen atoms in total. The maximum Gasteiger partial charge on any atom is 0.237 e. The van der Waals surface area contributed by atoms with E-state index in [9.17, 15) is 9.59 Å². The molecule has 0 unspecified atom stereocenters. The van der Waals surface area contributed by atoms with E-state index in [4.69, 9.17) is 4.42 Å². The number of carbonyl (C=O) groups excluding carboxylic acids is 2. The summed E-state index contributed by atoms with van der Waals surface area (Å²) < 4.78 is 5.54. The lowest BCUT2D eigenvalue weighted by Crippen LogP contribution is -2.56. The van der Waals surface area contributed by atoms with Crippen molar-refractivity contribution in [2.45, 2.75) is 32.4 Å². The highest BCUT2D eigenvalue weighted by Gasteiger charge is 2.32. The van der Waals surface area contributed by atoms with Crippen molar-refractivity contribution in [3.05, 3.63) is 59.5 Å². The first-order valence-corrected chi connectivity index (χ1v) is 9.38. The highest BCUT2D eigenvalue weighted by Crippen LogP contribution is 2.14. The van der Waals surface area contributed by atoms with Gasteiger partial charge in [0.15, 0.2) is 0 Å². The number of piperazine rings is 1. The van der Waals surface area contributed by atoms with Crippen LogP contribution in [0, 0.1) is 6.92 Å². The SMILES string of the molecule is Cc1ccc(CN(C)C(=O)C[C@H]2C(=O)NCCN2CCc2ccccc2)o1. The summed E-state index contributed by atoms with van der Waals surface area (Å²) in [4.78, 5) is 28.8. The molecule has 1 saturated heterocycles. The van der Waals surface area contributed by atoms with E-state index in [1.54, 1.807) is 11.9 Å². The van der Waals surface area contributed by atoms with Gasteiger partial charge in [0.05, 0.1) is 19.0 Å². The van der Waals surface area contributed by atoms with Crippen molar-refractivity contribution in [2.24, 2.45) is 0 Å². The van der Waals surface area contributed by atoms with Gasteiger partial charge < -0.3 is 14.6 Å². The van der Waals surface area contributed by atoms with Crippen LogP contribution in [-0.2, 0) is 22.6 Å². The van der Waals surface area contributed by atoms with Crippen LogP contribution in [0.3, 0.4) is 0 Å². The minimum atomic E-state index is -0.421. The second kappa shape index (κ2) is 8.86. The second-order valence-electron chi connectivity index (χ2n) is 7.04. The fraction of sp³-hybridized carbons (Fsp3) is 0.429. The summed E-state index contributed by atoms with van der Waals surface area (Å²) in [6.45, 7) is 4.43. The van der Waals surface area contributed by atoms with E-state index in [2.05, 4.69) is 22.3 Å². The first-order valence-electron chi connectivity index (χ1n) is 9.38. The van der Waals surface area contributed by atoms with Crippen molar-refractivity contribution in [1.29, 1.82) is 0 Å². The van der Waals surface area contributed by atoms with Gasteiger partial charge in [0, 0.05) is 26.7 Å². The average Bonchev–Trinajstić information content (AvgIpc) is 3.07. The molecule has 2 amide bonds. The van der Waals surface area contributed by atoms with E-state index in [-0.39, 0.29) is 18.2 Å². The molecule has 0 aliphatic carbocycles. The smallest absolute Gasteiger partial charge is 0.237 e. The van der Waals surface area contributed by atoms with Crippen LogP contribution in [0.1, 0.15) is 23.5 Å². The Balaban J connectivity index is 1.58. The summed E-state index contributed by atoms with van der Waals surface area (Å²) in [5.41, 5.74) is 1.24. The Bertz CT molecular complexity index is 772. The van der Waals surface area contributed by atoms with Crippen molar-refractivity contribution in [3.63, 3.8) is 0 Å². The molecule has 1 N–H and O–H groups in total. The maximum atomic E-state index is 12.7. The molecule has 2 aromatic rings. The molecule has 1 aromatic carbocycles. The Morgan fingerprint density at radius 3 is 2.74 bits per heavy atom. The van der Waals surface area contributed by atoms with Gasteiger partial charge in [-0.15, -0.1) is 0 Å². The molecule has 2 heterocycles. The number of carbonyl (C=O) groups is 2. The van der Waals surface area contributed by atoms with Crippen LogP contribution < -0.4 is 5.32 Å². The number of hydrogen-bond donors (Lipinski definition) is 1. The van der Waals surface area contributed by atoms with Gasteiger partial charge in [-0.25, -0.2) is 0 Å². The van der Waals surface area contributed by atoms with Crippen molar-refractivity contribution >= 4 is 11.8 Å². The van der Waals surface area contributed by atoms with Crippen LogP contribution >= 0.6 is 0 Å². The van der Waals surface area contributed by atoms with Crippen LogP contribution in [0.2, 0.25) is 0 Å². The number of amides is 2. The molecule has 6 heteroatoms. The Morgan fingerprint density at radius 2 is 2.04 bits per heavy atom. The number of nitrogens with zero attached hydrogens (tertiary/aromatic N) is 2. The molecule has 0 radical (unpaired) electrons. The van der Waals surface area contributed by atoms with Crippen LogP contribution in [-0.4, -0.2) is 54.3 Å². The molecule has 1 aliphatic heterocycles. The average molecular weight is 369 g/mol. The number of furan rings is 1. The van der Waals surface area contributed by atoms with Gasteiger partial charge in [-0.05, 0) is 31.0 Å². The standard InChI is InChI=1S/C21H27N3O3/c1-16-8-9-18(27-16)15-23(2)20(25)14-19-21(26)22-11-13-24(19)12-10-17-6-4-3-5-7-17/h3-9,19H,10-15H2,1-2H3,(H,22,26)/t19-/m0/s1. The van der Waals surface area contributed by atoms with Crippen molar-refractivity contribution in [3.8, 4) is 0 Å². The van der Waals surface area contributed by atoms with Crippen molar-refractivity contribution < 1.29 is 14.0 Å². The van der Waals surface area contributed by atoms with Crippen LogP contribution in [0.5, 0.6) is 0 Å². The van der Waals surface area contributed by atoms with E-state index in [0.717, 1.165) is 31.0 Å². The Labute approximate surface area is 160 Å². The van der Waals surface area contributed by atoms with Crippen molar-refractivity contribution in [2.75, 3.05) is 26.7 Å². The zero-order valence-corrected chi connectivity index (χ0v) is 16.0. The molecule has 1 atom stereocenters. The third-order valence-corrected chi connectivity index (χ3v) is 4.95. The van der Waals surface area contributed by atoms with Gasteiger partial charge >= 0.3 is 0 Å². The predicted molar refractivity (Wildman–Crippen MR) is 103 cm³/mol. The summed E-state index contributed by atoms with van der Waals surface area (Å²) in [6.07, 6.45) is 1.04. The quantitative estimate of drug-likeness (QED) is 0.811. The predicted octanol–water partition coefficient (Wildman–Crippen LogP) is 1.98. The molecule has 27 heavy (non-hydrogen) atoms. The monoisotopic (exact) mass is 369 g/mol. The molecule has 1 aromatic heterocycles. The normalized spacial score (nSPS) is 17.6. The number of hydrogen-bond acceptors (Lipinski definition) is 4.